The molecule has 0 bridgehead atoms. The molecule has 0 aromatic heterocycles. The van der Waals surface area contributed by atoms with E-state index in [4.69, 9.17) is 4.74 Å². The number of Topliss-reactive ketones (excluding diaryl/α,β-unsaturated/α-hetero) is 1. The van der Waals surface area contributed by atoms with Gasteiger partial charge in [0.05, 0.1) is 19.3 Å². The van der Waals surface area contributed by atoms with Crippen LogP contribution in [-0.2, 0) is 9.59 Å². The summed E-state index contributed by atoms with van der Waals surface area (Å²) in [6.07, 6.45) is 0. The molecule has 0 unspecified atom stereocenters. The molecule has 7 nitrogen and oxygen atoms in total. The van der Waals surface area contributed by atoms with Crippen LogP contribution in [0.3, 0.4) is 0 Å². The van der Waals surface area contributed by atoms with Gasteiger partial charge in [0.2, 0.25) is 0 Å². The van der Waals surface area contributed by atoms with E-state index < -0.39 is 36.0 Å². The normalized spacial score (nSPS) is 14.2. The first-order chi connectivity index (χ1) is 12.4. The fourth-order valence-corrected chi connectivity index (χ4v) is 2.50. The number of amides is 4. The first kappa shape index (κ1) is 17.3. The molecular formula is C18H13FN2O5. The minimum absolute atomic E-state index is 0.000876. The van der Waals surface area contributed by atoms with E-state index in [1.165, 1.54) is 43.5 Å². The van der Waals surface area contributed by atoms with Crippen molar-refractivity contribution in [1.29, 1.82) is 0 Å². The van der Waals surface area contributed by atoms with Crippen LogP contribution >= 0.6 is 0 Å². The Balaban J connectivity index is 1.83. The van der Waals surface area contributed by atoms with E-state index in [1.807, 2.05) is 0 Å². The van der Waals surface area contributed by atoms with Crippen LogP contribution in [0.25, 0.3) is 0 Å². The summed E-state index contributed by atoms with van der Waals surface area (Å²) >= 11 is 0. The van der Waals surface area contributed by atoms with Crippen LogP contribution in [0.4, 0.5) is 14.9 Å². The van der Waals surface area contributed by atoms with Crippen molar-refractivity contribution in [3.63, 3.8) is 0 Å². The monoisotopic (exact) mass is 356 g/mol. The van der Waals surface area contributed by atoms with Gasteiger partial charge in [-0.15, -0.1) is 0 Å². The van der Waals surface area contributed by atoms with Crippen LogP contribution in [0.2, 0.25) is 0 Å². The Kier molecular flexibility index (Phi) is 4.49. The zero-order chi connectivity index (χ0) is 18.8. The van der Waals surface area contributed by atoms with E-state index in [0.29, 0.717) is 15.5 Å². The second-order valence-electron chi connectivity index (χ2n) is 5.45. The van der Waals surface area contributed by atoms with Gasteiger partial charge in [-0.3, -0.25) is 14.4 Å². The van der Waals surface area contributed by atoms with Gasteiger partial charge < -0.3 is 4.74 Å². The zero-order valence-corrected chi connectivity index (χ0v) is 13.6. The van der Waals surface area contributed by atoms with Crippen molar-refractivity contribution in [2.24, 2.45) is 0 Å². The highest BCUT2D eigenvalue weighted by atomic mass is 19.1. The minimum Gasteiger partial charge on any atom is -0.497 e. The fourth-order valence-electron chi connectivity index (χ4n) is 2.50. The van der Waals surface area contributed by atoms with E-state index in [1.54, 1.807) is 0 Å². The molecule has 26 heavy (non-hydrogen) atoms. The highest BCUT2D eigenvalue weighted by molar-refractivity contribution is 6.53. The maximum atomic E-state index is 13.2. The number of methoxy groups -OCH3 is 1. The van der Waals surface area contributed by atoms with Crippen LogP contribution in [-0.4, -0.2) is 42.2 Å². The highest BCUT2D eigenvalue weighted by Crippen LogP contribution is 2.24. The van der Waals surface area contributed by atoms with Crippen LogP contribution in [0, 0.1) is 5.82 Å². The molecule has 4 amide bonds. The number of carbonyl (C=O) groups excluding carboxylic acids is 4. The van der Waals surface area contributed by atoms with Gasteiger partial charge >= 0.3 is 17.8 Å². The fraction of sp³-hybridized carbons (Fsp3) is 0.111. The predicted octanol–water partition coefficient (Wildman–Crippen LogP) is 2.01. The maximum absolute atomic E-state index is 13.2. The summed E-state index contributed by atoms with van der Waals surface area (Å²) in [6, 6.07) is 9.87. The topological polar surface area (TPSA) is 84.0 Å². The summed E-state index contributed by atoms with van der Waals surface area (Å²) in [5.41, 5.74) is 0.177. The number of benzene rings is 2. The van der Waals surface area contributed by atoms with Gasteiger partial charge in [-0.1, -0.05) is 12.1 Å². The third-order valence-electron chi connectivity index (χ3n) is 3.83. The first-order valence-electron chi connectivity index (χ1n) is 7.55. The van der Waals surface area contributed by atoms with E-state index in [-0.39, 0.29) is 11.3 Å². The van der Waals surface area contributed by atoms with Crippen molar-refractivity contribution in [3.8, 4) is 5.75 Å². The quantitative estimate of drug-likeness (QED) is 0.465. The van der Waals surface area contributed by atoms with Gasteiger partial charge in [-0.2, -0.15) is 0 Å². The Morgan fingerprint density at radius 3 is 2.35 bits per heavy atom. The van der Waals surface area contributed by atoms with Crippen molar-refractivity contribution in [3.05, 3.63) is 59.9 Å². The van der Waals surface area contributed by atoms with Crippen molar-refractivity contribution in [2.45, 2.75) is 0 Å². The summed E-state index contributed by atoms with van der Waals surface area (Å²) in [7, 11) is 1.46. The summed E-state index contributed by atoms with van der Waals surface area (Å²) in [4.78, 5) is 50.2. The molecular weight excluding hydrogens is 343 g/mol. The number of anilines is 1. The van der Waals surface area contributed by atoms with E-state index in [0.717, 1.165) is 12.1 Å². The van der Waals surface area contributed by atoms with Gasteiger partial charge in [0, 0.05) is 5.56 Å². The van der Waals surface area contributed by atoms with Crippen LogP contribution < -0.4 is 9.64 Å². The Morgan fingerprint density at radius 1 is 1.04 bits per heavy atom. The third kappa shape index (κ3) is 3.04. The molecule has 1 fully saturated rings. The number of rotatable bonds is 5. The molecule has 1 aliphatic rings. The van der Waals surface area contributed by atoms with Gasteiger partial charge in [-0.25, -0.2) is 19.0 Å². The predicted molar refractivity (Wildman–Crippen MR) is 88.3 cm³/mol. The molecule has 3 rings (SSSR count). The molecule has 132 valence electrons. The van der Waals surface area contributed by atoms with Crippen molar-refractivity contribution in [2.75, 3.05) is 18.6 Å². The lowest BCUT2D eigenvalue weighted by Crippen LogP contribution is -2.37. The molecule has 1 saturated heterocycles. The number of carbonyl (C=O) groups is 4. The minimum atomic E-state index is -1.12. The summed E-state index contributed by atoms with van der Waals surface area (Å²) in [5, 5.41) is 0. The second-order valence-corrected chi connectivity index (χ2v) is 5.45. The number of urea groups is 1. The SMILES string of the molecule is COc1ccc(N2C(=O)C(=O)N(CC(=O)c3cccc(F)c3)C2=O)cc1. The van der Waals surface area contributed by atoms with Gasteiger partial charge in [0.15, 0.2) is 5.78 Å². The first-order valence-corrected chi connectivity index (χ1v) is 7.55. The number of ketones is 1. The van der Waals surface area contributed by atoms with Crippen molar-refractivity contribution in [1.82, 2.24) is 4.90 Å². The van der Waals surface area contributed by atoms with Crippen molar-refractivity contribution < 1.29 is 28.3 Å². The largest absolute Gasteiger partial charge is 0.497 e. The van der Waals surface area contributed by atoms with Gasteiger partial charge in [0.1, 0.15) is 11.6 Å². The summed E-state index contributed by atoms with van der Waals surface area (Å²) in [6.45, 7) is -0.653. The molecule has 0 aliphatic carbocycles. The van der Waals surface area contributed by atoms with Crippen molar-refractivity contribution >= 4 is 29.3 Å². The van der Waals surface area contributed by atoms with Crippen LogP contribution in [0.15, 0.2) is 48.5 Å². The molecule has 0 radical (unpaired) electrons. The third-order valence-corrected chi connectivity index (χ3v) is 3.83. The lowest BCUT2D eigenvalue weighted by Gasteiger charge is -2.15. The average molecular weight is 356 g/mol. The van der Waals surface area contributed by atoms with Gasteiger partial charge in [-0.05, 0) is 36.4 Å². The molecule has 0 N–H and O–H groups in total. The van der Waals surface area contributed by atoms with E-state index >= 15 is 0 Å². The van der Waals surface area contributed by atoms with E-state index in [2.05, 4.69) is 0 Å². The molecule has 2 aromatic carbocycles. The average Bonchev–Trinajstić information content (AvgIpc) is 2.85. The van der Waals surface area contributed by atoms with Gasteiger partial charge in [0.25, 0.3) is 0 Å². The lowest BCUT2D eigenvalue weighted by molar-refractivity contribution is -0.139. The lowest BCUT2D eigenvalue weighted by atomic mass is 10.1. The molecule has 8 heteroatoms. The van der Waals surface area contributed by atoms with Crippen LogP contribution in [0.5, 0.6) is 5.75 Å². The number of ether oxygens (including phenoxy) is 1. The number of nitrogens with zero attached hydrogens (tertiary/aromatic N) is 2. The molecule has 1 aliphatic heterocycles. The molecule has 0 spiro atoms. The Hall–Kier alpha value is -3.55. The Labute approximate surface area is 147 Å². The standard InChI is InChI=1S/C18H13FN2O5/c1-26-14-7-5-13(6-8-14)21-17(24)16(23)20(18(21)25)10-15(22)11-3-2-4-12(19)9-11/h2-9H,10H2,1H3. The number of imide groups is 2. The molecule has 0 saturated carbocycles. The molecule has 1 heterocycles. The Bertz CT molecular complexity index is 910. The number of halogens is 1. The number of hydrogen-bond acceptors (Lipinski definition) is 5. The van der Waals surface area contributed by atoms with Crippen LogP contribution in [0.1, 0.15) is 10.4 Å². The summed E-state index contributed by atoms with van der Waals surface area (Å²) in [5.74, 6) is -2.94. The highest BCUT2D eigenvalue weighted by Gasteiger charge is 2.46. The molecule has 0 atom stereocenters. The molecule has 2 aromatic rings. The maximum Gasteiger partial charge on any atom is 0.339 e. The smallest absolute Gasteiger partial charge is 0.339 e. The zero-order valence-electron chi connectivity index (χ0n) is 13.6. The van der Waals surface area contributed by atoms with E-state index in [9.17, 15) is 23.6 Å². The summed E-state index contributed by atoms with van der Waals surface area (Å²) < 4.78 is 18.2. The second kappa shape index (κ2) is 6.75. The Morgan fingerprint density at radius 2 is 1.73 bits per heavy atom. The number of hydrogen-bond donors (Lipinski definition) is 0.